The lowest BCUT2D eigenvalue weighted by Crippen LogP contribution is -2.48. The normalized spacial score (nSPS) is 23.7. The van der Waals surface area contributed by atoms with Crippen LogP contribution in [0.2, 0.25) is 0 Å². The Morgan fingerprint density at radius 2 is 2.00 bits per heavy atom. The molecule has 0 amide bonds. The molecule has 1 aliphatic rings. The molecule has 0 spiro atoms. The summed E-state index contributed by atoms with van der Waals surface area (Å²) >= 11 is 0. The Morgan fingerprint density at radius 1 is 1.29 bits per heavy atom. The fourth-order valence-electron chi connectivity index (χ4n) is 2.70. The van der Waals surface area contributed by atoms with Gasteiger partial charge in [-0.15, -0.1) is 0 Å². The summed E-state index contributed by atoms with van der Waals surface area (Å²) in [5.74, 6) is 0.967. The predicted molar refractivity (Wildman–Crippen MR) is 77.5 cm³/mol. The fourth-order valence-corrected chi connectivity index (χ4v) is 2.70. The molecule has 2 N–H and O–H groups in total. The van der Waals surface area contributed by atoms with Crippen molar-refractivity contribution in [3.8, 4) is 5.75 Å². The van der Waals surface area contributed by atoms with Gasteiger partial charge in [-0.25, -0.2) is 0 Å². The van der Waals surface area contributed by atoms with Crippen molar-refractivity contribution in [2.45, 2.75) is 45.0 Å². The van der Waals surface area contributed by atoms with Crippen molar-refractivity contribution in [2.24, 2.45) is 0 Å². The van der Waals surface area contributed by atoms with Crippen molar-refractivity contribution < 1.29 is 19.4 Å². The molecular formula is C16H18O5. The van der Waals surface area contributed by atoms with Gasteiger partial charge < -0.3 is 19.4 Å². The first-order valence-electron chi connectivity index (χ1n) is 7.00. The van der Waals surface area contributed by atoms with E-state index in [4.69, 9.17) is 9.15 Å². The second kappa shape index (κ2) is 4.58. The van der Waals surface area contributed by atoms with E-state index in [-0.39, 0.29) is 5.43 Å². The summed E-state index contributed by atoms with van der Waals surface area (Å²) in [7, 11) is 0. The van der Waals surface area contributed by atoms with Crippen LogP contribution in [-0.4, -0.2) is 21.9 Å². The van der Waals surface area contributed by atoms with Crippen LogP contribution in [0, 0.1) is 0 Å². The molecule has 1 aromatic carbocycles. The fraction of sp³-hybridized carbons (Fsp3) is 0.438. The Balaban J connectivity index is 2.35. The van der Waals surface area contributed by atoms with E-state index in [1.165, 1.54) is 6.07 Å². The molecule has 2 heterocycles. The molecule has 0 saturated carbocycles. The smallest absolute Gasteiger partial charge is 0.192 e. The molecule has 21 heavy (non-hydrogen) atoms. The molecule has 1 aliphatic heterocycles. The van der Waals surface area contributed by atoms with Crippen LogP contribution in [0.3, 0.4) is 0 Å². The van der Waals surface area contributed by atoms with E-state index in [0.29, 0.717) is 34.5 Å². The van der Waals surface area contributed by atoms with Gasteiger partial charge in [0.15, 0.2) is 5.43 Å². The Hall–Kier alpha value is -1.85. The van der Waals surface area contributed by atoms with Gasteiger partial charge in [-0.05, 0) is 26.0 Å². The van der Waals surface area contributed by atoms with Gasteiger partial charge in [0, 0.05) is 12.5 Å². The van der Waals surface area contributed by atoms with Crippen molar-refractivity contribution in [1.82, 2.24) is 0 Å². The molecular weight excluding hydrogens is 272 g/mol. The molecule has 5 nitrogen and oxygen atoms in total. The number of aliphatic hydroxyl groups is 2. The highest BCUT2D eigenvalue weighted by Crippen LogP contribution is 2.43. The van der Waals surface area contributed by atoms with Crippen LogP contribution in [0.15, 0.2) is 27.4 Å². The van der Waals surface area contributed by atoms with E-state index in [1.807, 2.05) is 6.92 Å². The molecule has 0 radical (unpaired) electrons. The van der Waals surface area contributed by atoms with Gasteiger partial charge in [0.05, 0.1) is 10.9 Å². The Labute approximate surface area is 121 Å². The molecule has 3 rings (SSSR count). The monoisotopic (exact) mass is 290 g/mol. The first-order chi connectivity index (χ1) is 9.85. The Morgan fingerprint density at radius 3 is 2.67 bits per heavy atom. The SMILES string of the molecule is CCc1cc(=O)c2ccc3c(c2o1)[C@@H](O)[C@@H](O)C(C)(C)O3. The summed E-state index contributed by atoms with van der Waals surface area (Å²) < 4.78 is 11.5. The van der Waals surface area contributed by atoms with Gasteiger partial charge in [-0.2, -0.15) is 0 Å². The van der Waals surface area contributed by atoms with Crippen LogP contribution >= 0.6 is 0 Å². The van der Waals surface area contributed by atoms with Crippen LogP contribution in [0.4, 0.5) is 0 Å². The quantitative estimate of drug-likeness (QED) is 0.838. The maximum atomic E-state index is 12.1. The van der Waals surface area contributed by atoms with Crippen molar-refractivity contribution in [3.63, 3.8) is 0 Å². The third kappa shape index (κ3) is 2.04. The van der Waals surface area contributed by atoms with Gasteiger partial charge in [-0.1, -0.05) is 6.92 Å². The van der Waals surface area contributed by atoms with Crippen LogP contribution in [-0.2, 0) is 6.42 Å². The average Bonchev–Trinajstić information content (AvgIpc) is 2.43. The summed E-state index contributed by atoms with van der Waals surface area (Å²) in [6.45, 7) is 5.28. The number of hydrogen-bond acceptors (Lipinski definition) is 5. The standard InChI is InChI=1S/C16H18O5/c1-4-8-7-10(17)9-5-6-11-12(14(9)20-8)13(18)15(19)16(2,3)21-11/h5-7,13,15,18-19H,4H2,1-3H3/t13-,15-/m1/s1. The second-order valence-corrected chi connectivity index (χ2v) is 5.88. The predicted octanol–water partition coefficient (Wildman–Crippen LogP) is 1.92. The zero-order valence-corrected chi connectivity index (χ0v) is 12.2. The highest BCUT2D eigenvalue weighted by molar-refractivity contribution is 5.83. The van der Waals surface area contributed by atoms with Crippen molar-refractivity contribution in [1.29, 1.82) is 0 Å². The van der Waals surface area contributed by atoms with Gasteiger partial charge in [0.1, 0.15) is 34.9 Å². The number of ether oxygens (including phenoxy) is 1. The summed E-state index contributed by atoms with van der Waals surface area (Å²) in [5.41, 5.74) is -0.448. The third-order valence-corrected chi connectivity index (χ3v) is 3.98. The Bertz CT molecular complexity index is 759. The Kier molecular flexibility index (Phi) is 3.07. The minimum atomic E-state index is -1.16. The van der Waals surface area contributed by atoms with E-state index in [9.17, 15) is 15.0 Å². The lowest BCUT2D eigenvalue weighted by Gasteiger charge is -2.40. The highest BCUT2D eigenvalue weighted by Gasteiger charge is 2.43. The van der Waals surface area contributed by atoms with Crippen molar-refractivity contribution in [2.75, 3.05) is 0 Å². The van der Waals surface area contributed by atoms with E-state index in [0.717, 1.165) is 0 Å². The number of aliphatic hydroxyl groups excluding tert-OH is 2. The van der Waals surface area contributed by atoms with Gasteiger partial charge in [0.2, 0.25) is 0 Å². The molecule has 2 atom stereocenters. The van der Waals surface area contributed by atoms with Gasteiger partial charge in [-0.3, -0.25) is 4.79 Å². The lowest BCUT2D eigenvalue weighted by molar-refractivity contribution is -0.111. The number of benzene rings is 1. The van der Waals surface area contributed by atoms with Gasteiger partial charge >= 0.3 is 0 Å². The third-order valence-electron chi connectivity index (χ3n) is 3.98. The van der Waals surface area contributed by atoms with Crippen molar-refractivity contribution >= 4 is 11.0 Å². The van der Waals surface area contributed by atoms with Crippen LogP contribution in [0.1, 0.15) is 38.2 Å². The summed E-state index contributed by atoms with van der Waals surface area (Å²) in [4.78, 5) is 12.1. The molecule has 0 saturated heterocycles. The lowest BCUT2D eigenvalue weighted by atomic mass is 9.87. The van der Waals surface area contributed by atoms with E-state index < -0.39 is 17.8 Å². The number of fused-ring (bicyclic) bond motifs is 3. The first kappa shape index (κ1) is 14.1. The molecule has 112 valence electrons. The molecule has 1 aromatic heterocycles. The second-order valence-electron chi connectivity index (χ2n) is 5.88. The maximum Gasteiger partial charge on any atom is 0.192 e. The molecule has 5 heteroatoms. The maximum absolute atomic E-state index is 12.1. The zero-order valence-electron chi connectivity index (χ0n) is 12.2. The minimum Gasteiger partial charge on any atom is -0.485 e. The minimum absolute atomic E-state index is 0.164. The largest absolute Gasteiger partial charge is 0.485 e. The van der Waals surface area contributed by atoms with E-state index >= 15 is 0 Å². The topological polar surface area (TPSA) is 79.9 Å². The van der Waals surface area contributed by atoms with Crippen LogP contribution in [0.25, 0.3) is 11.0 Å². The van der Waals surface area contributed by atoms with Gasteiger partial charge in [0.25, 0.3) is 0 Å². The number of rotatable bonds is 1. The van der Waals surface area contributed by atoms with Crippen molar-refractivity contribution in [3.05, 3.63) is 39.7 Å². The molecule has 0 aliphatic carbocycles. The molecule has 0 bridgehead atoms. The molecule has 2 aromatic rings. The van der Waals surface area contributed by atoms with E-state index in [2.05, 4.69) is 0 Å². The summed E-state index contributed by atoms with van der Waals surface area (Å²) in [6, 6.07) is 4.71. The number of aryl methyl sites for hydroxylation is 1. The zero-order chi connectivity index (χ0) is 15.4. The first-order valence-corrected chi connectivity index (χ1v) is 7.00. The average molecular weight is 290 g/mol. The number of hydrogen-bond donors (Lipinski definition) is 2. The van der Waals surface area contributed by atoms with E-state index in [1.54, 1.807) is 26.0 Å². The molecule has 0 unspecified atom stereocenters. The molecule has 0 fully saturated rings. The van der Waals surface area contributed by atoms with Crippen LogP contribution < -0.4 is 10.2 Å². The summed E-state index contributed by atoms with van der Waals surface area (Å²) in [6.07, 6.45) is -1.70. The summed E-state index contributed by atoms with van der Waals surface area (Å²) in [5, 5.41) is 21.0. The highest BCUT2D eigenvalue weighted by atomic mass is 16.5. The van der Waals surface area contributed by atoms with Crippen LogP contribution in [0.5, 0.6) is 5.75 Å².